The van der Waals surface area contributed by atoms with Gasteiger partial charge in [0.25, 0.3) is 5.91 Å². The second-order valence-electron chi connectivity index (χ2n) is 8.54. The molecule has 12 heteroatoms. The Labute approximate surface area is 214 Å². The van der Waals surface area contributed by atoms with E-state index in [1.54, 1.807) is 37.3 Å². The van der Waals surface area contributed by atoms with E-state index >= 15 is 0 Å². The minimum absolute atomic E-state index is 0.00462. The van der Waals surface area contributed by atoms with Crippen molar-refractivity contribution in [3.8, 4) is 0 Å². The minimum atomic E-state index is -2.17. The first-order chi connectivity index (χ1) is 17.5. The standard InChI is InChI=1S/C25H33N5O7/c1-3-16(26)22(34)30(23(35)17-11-8-12-28-17)19(14-31)21(33)29-18(15-9-6-5-7-10-15)13-20(32)25(27,4-2)24(36)37/h5-12,16,18-19,28,31H,3-4,13-14,26-27H2,1-2H3,(H,29,33)(H,36,37). The number of nitrogens with two attached hydrogens (primary N) is 2. The summed E-state index contributed by atoms with van der Waals surface area (Å²) < 4.78 is 0. The number of nitrogens with one attached hydrogen (secondary N) is 2. The number of H-pyrrole nitrogens is 1. The minimum Gasteiger partial charge on any atom is -0.480 e. The Kier molecular flexibility index (Phi) is 10.2. The third kappa shape index (κ3) is 6.67. The van der Waals surface area contributed by atoms with Gasteiger partial charge < -0.3 is 32.0 Å². The number of amides is 3. The van der Waals surface area contributed by atoms with Crippen LogP contribution in [0.2, 0.25) is 0 Å². The largest absolute Gasteiger partial charge is 0.480 e. The highest BCUT2D eigenvalue weighted by Gasteiger charge is 2.42. The van der Waals surface area contributed by atoms with Crippen molar-refractivity contribution in [3.05, 3.63) is 59.9 Å². The van der Waals surface area contributed by atoms with Gasteiger partial charge in [-0.05, 0) is 30.5 Å². The van der Waals surface area contributed by atoms with Crippen LogP contribution in [0.25, 0.3) is 0 Å². The smallest absolute Gasteiger partial charge is 0.331 e. The molecule has 4 atom stereocenters. The average Bonchev–Trinajstić information content (AvgIpc) is 3.44. The van der Waals surface area contributed by atoms with E-state index in [9.17, 15) is 34.2 Å². The number of imide groups is 1. The van der Waals surface area contributed by atoms with Crippen LogP contribution in [-0.4, -0.2) is 73.8 Å². The van der Waals surface area contributed by atoms with Gasteiger partial charge in [0.05, 0.1) is 18.7 Å². The Morgan fingerprint density at radius 1 is 1.08 bits per heavy atom. The monoisotopic (exact) mass is 515 g/mol. The van der Waals surface area contributed by atoms with Gasteiger partial charge in [-0.2, -0.15) is 0 Å². The van der Waals surface area contributed by atoms with E-state index in [-0.39, 0.29) is 18.5 Å². The molecule has 1 aromatic heterocycles. The van der Waals surface area contributed by atoms with E-state index in [4.69, 9.17) is 11.5 Å². The number of carboxylic acid groups (broad SMARTS) is 1. The third-order valence-electron chi connectivity index (χ3n) is 6.17. The van der Waals surface area contributed by atoms with Crippen LogP contribution in [0.1, 0.15) is 55.2 Å². The van der Waals surface area contributed by atoms with E-state index in [0.29, 0.717) is 10.5 Å². The maximum atomic E-state index is 13.4. The van der Waals surface area contributed by atoms with Gasteiger partial charge in [0.15, 0.2) is 11.3 Å². The molecule has 8 N–H and O–H groups in total. The summed E-state index contributed by atoms with van der Waals surface area (Å²) >= 11 is 0. The van der Waals surface area contributed by atoms with Gasteiger partial charge in [-0.15, -0.1) is 0 Å². The molecule has 200 valence electrons. The van der Waals surface area contributed by atoms with Crippen molar-refractivity contribution in [2.45, 2.75) is 56.8 Å². The summed E-state index contributed by atoms with van der Waals surface area (Å²) in [6, 6.07) is 7.28. The Morgan fingerprint density at radius 2 is 1.73 bits per heavy atom. The summed E-state index contributed by atoms with van der Waals surface area (Å²) in [5.41, 5.74) is 9.98. The molecule has 0 fully saturated rings. The quantitative estimate of drug-likeness (QED) is 0.199. The van der Waals surface area contributed by atoms with Crippen LogP contribution in [-0.2, 0) is 19.2 Å². The van der Waals surface area contributed by atoms with Gasteiger partial charge in [-0.25, -0.2) is 4.79 Å². The van der Waals surface area contributed by atoms with Gasteiger partial charge in [0, 0.05) is 12.6 Å². The average molecular weight is 516 g/mol. The molecule has 37 heavy (non-hydrogen) atoms. The van der Waals surface area contributed by atoms with Crippen molar-refractivity contribution in [1.29, 1.82) is 0 Å². The molecule has 0 bridgehead atoms. The maximum absolute atomic E-state index is 13.4. The lowest BCUT2D eigenvalue weighted by atomic mass is 9.86. The van der Waals surface area contributed by atoms with E-state index < -0.39 is 66.2 Å². The zero-order valence-corrected chi connectivity index (χ0v) is 20.7. The molecule has 0 aliphatic carbocycles. The lowest BCUT2D eigenvalue weighted by Crippen LogP contribution is -2.59. The first-order valence-electron chi connectivity index (χ1n) is 11.8. The number of carbonyl (C=O) groups is 5. The molecule has 2 rings (SSSR count). The van der Waals surface area contributed by atoms with E-state index in [1.807, 2.05) is 0 Å². The fourth-order valence-corrected chi connectivity index (χ4v) is 3.66. The Morgan fingerprint density at radius 3 is 2.22 bits per heavy atom. The Balaban J connectivity index is 2.44. The number of ketones is 1. The summed E-state index contributed by atoms with van der Waals surface area (Å²) in [4.78, 5) is 67.4. The normalized spacial score (nSPS) is 15.1. The number of aliphatic carboxylic acids is 1. The van der Waals surface area contributed by atoms with E-state index in [1.165, 1.54) is 25.3 Å². The molecule has 1 heterocycles. The number of nitrogens with zero attached hydrogens (tertiary/aromatic N) is 1. The molecular weight excluding hydrogens is 482 g/mol. The van der Waals surface area contributed by atoms with Gasteiger partial charge >= 0.3 is 5.97 Å². The number of Topliss-reactive ketones (excluding diaryl/α,β-unsaturated/α-hetero) is 1. The molecule has 0 radical (unpaired) electrons. The lowest BCUT2D eigenvalue weighted by Gasteiger charge is -2.31. The van der Waals surface area contributed by atoms with Crippen LogP contribution >= 0.6 is 0 Å². The molecule has 3 amide bonds. The summed E-state index contributed by atoms with van der Waals surface area (Å²) in [5, 5.41) is 22.2. The van der Waals surface area contributed by atoms with Gasteiger partial charge in [0.1, 0.15) is 11.7 Å². The summed E-state index contributed by atoms with van der Waals surface area (Å²) in [5.74, 6) is -5.04. The number of rotatable bonds is 13. The number of aliphatic hydroxyl groups excluding tert-OH is 1. The highest BCUT2D eigenvalue weighted by Crippen LogP contribution is 2.23. The Hall–Kier alpha value is -3.87. The summed E-state index contributed by atoms with van der Waals surface area (Å²) in [6.45, 7) is 2.15. The molecule has 0 aliphatic heterocycles. The predicted molar refractivity (Wildman–Crippen MR) is 133 cm³/mol. The summed E-state index contributed by atoms with van der Waals surface area (Å²) in [7, 11) is 0. The SMILES string of the molecule is CCC(N)C(=O)N(C(=O)c1ccc[nH]1)C(CO)C(=O)NC(CC(=O)C(N)(CC)C(=O)O)c1ccccc1. The molecule has 0 saturated carbocycles. The fourth-order valence-electron chi connectivity index (χ4n) is 3.66. The number of carboxylic acids is 1. The van der Waals surface area contributed by atoms with Crippen LogP contribution in [0.15, 0.2) is 48.7 Å². The van der Waals surface area contributed by atoms with Crippen LogP contribution in [0.5, 0.6) is 0 Å². The van der Waals surface area contributed by atoms with Gasteiger partial charge in [0.2, 0.25) is 11.8 Å². The number of hydrogen-bond donors (Lipinski definition) is 6. The number of aromatic nitrogens is 1. The molecule has 1 aromatic carbocycles. The molecule has 0 spiro atoms. The van der Waals surface area contributed by atoms with Crippen molar-refractivity contribution in [2.75, 3.05) is 6.61 Å². The molecule has 0 aliphatic rings. The van der Waals surface area contributed by atoms with Crippen molar-refractivity contribution in [3.63, 3.8) is 0 Å². The second kappa shape index (κ2) is 12.9. The third-order valence-corrected chi connectivity index (χ3v) is 6.17. The second-order valence-corrected chi connectivity index (χ2v) is 8.54. The highest BCUT2D eigenvalue weighted by molar-refractivity contribution is 6.09. The van der Waals surface area contributed by atoms with Gasteiger partial charge in [-0.1, -0.05) is 44.2 Å². The number of carbonyl (C=O) groups excluding carboxylic acids is 4. The van der Waals surface area contributed by atoms with Crippen LogP contribution in [0.4, 0.5) is 0 Å². The molecule has 4 unspecified atom stereocenters. The first-order valence-corrected chi connectivity index (χ1v) is 11.8. The predicted octanol–water partition coefficient (Wildman–Crippen LogP) is 0.0905. The lowest BCUT2D eigenvalue weighted by molar-refractivity contribution is -0.148. The van der Waals surface area contributed by atoms with E-state index in [2.05, 4.69) is 10.3 Å². The molecule has 12 nitrogen and oxygen atoms in total. The Bertz CT molecular complexity index is 1110. The topological polar surface area (TPSA) is 209 Å². The number of aliphatic hydroxyl groups is 1. The number of hydrogen-bond acceptors (Lipinski definition) is 8. The highest BCUT2D eigenvalue weighted by atomic mass is 16.4. The number of benzene rings is 1. The van der Waals surface area contributed by atoms with Crippen molar-refractivity contribution < 1.29 is 34.2 Å². The zero-order valence-electron chi connectivity index (χ0n) is 20.7. The molecular formula is C25H33N5O7. The fraction of sp³-hybridized carbons (Fsp3) is 0.400. The first kappa shape index (κ1) is 29.4. The van der Waals surface area contributed by atoms with Crippen LogP contribution < -0.4 is 16.8 Å². The van der Waals surface area contributed by atoms with Crippen molar-refractivity contribution in [1.82, 2.24) is 15.2 Å². The van der Waals surface area contributed by atoms with Crippen LogP contribution in [0, 0.1) is 0 Å². The number of aromatic amines is 1. The zero-order chi connectivity index (χ0) is 27.8. The molecule has 2 aromatic rings. The van der Waals surface area contributed by atoms with Crippen LogP contribution in [0.3, 0.4) is 0 Å². The van der Waals surface area contributed by atoms with Gasteiger partial charge in [-0.3, -0.25) is 24.1 Å². The summed E-state index contributed by atoms with van der Waals surface area (Å²) in [6.07, 6.45) is 0.949. The van der Waals surface area contributed by atoms with Crippen molar-refractivity contribution >= 4 is 29.5 Å². The van der Waals surface area contributed by atoms with Crippen molar-refractivity contribution in [2.24, 2.45) is 11.5 Å². The molecule has 0 saturated heterocycles. The van der Waals surface area contributed by atoms with E-state index in [0.717, 1.165) is 0 Å². The maximum Gasteiger partial charge on any atom is 0.331 e.